The second kappa shape index (κ2) is 5.24. The molecule has 3 rings (SSSR count). The Balaban J connectivity index is 1.78. The summed E-state index contributed by atoms with van der Waals surface area (Å²) in [5, 5.41) is 3.28. The number of likely N-dealkylation sites (tertiary alicyclic amines) is 1. The molecule has 4 heteroatoms. The largest absolute Gasteiger partial charge is 0.465 e. The molecule has 1 spiro atoms. The molecule has 4 nitrogen and oxygen atoms in total. The maximum atomic E-state index is 11.7. The number of nitrogens with zero attached hydrogens (tertiary/aromatic N) is 1. The molecule has 20 heavy (non-hydrogen) atoms. The second-order valence-electron chi connectivity index (χ2n) is 6.21. The van der Waals surface area contributed by atoms with Crippen LogP contribution in [0.2, 0.25) is 0 Å². The van der Waals surface area contributed by atoms with Crippen molar-refractivity contribution in [1.82, 2.24) is 10.2 Å². The van der Waals surface area contributed by atoms with Crippen molar-refractivity contribution in [3.05, 3.63) is 23.7 Å². The molecule has 110 valence electrons. The summed E-state index contributed by atoms with van der Waals surface area (Å²) in [6.07, 6.45) is 5.00. The molecule has 1 aromatic rings. The van der Waals surface area contributed by atoms with Crippen molar-refractivity contribution in [3.63, 3.8) is 0 Å². The predicted molar refractivity (Wildman–Crippen MR) is 77.3 cm³/mol. The Morgan fingerprint density at radius 1 is 1.45 bits per heavy atom. The van der Waals surface area contributed by atoms with Gasteiger partial charge in [0, 0.05) is 12.5 Å². The van der Waals surface area contributed by atoms with Crippen LogP contribution in [0.25, 0.3) is 0 Å². The van der Waals surface area contributed by atoms with Crippen LogP contribution in [0.1, 0.15) is 50.5 Å². The maximum Gasteiger partial charge on any atom is 0.220 e. The predicted octanol–water partition coefficient (Wildman–Crippen LogP) is 2.61. The number of aryl methyl sites for hydroxylation is 1. The molecule has 0 saturated carbocycles. The fraction of sp³-hybridized carbons (Fsp3) is 0.688. The number of hydrogen-bond acceptors (Lipinski definition) is 3. The van der Waals surface area contributed by atoms with E-state index in [0.29, 0.717) is 12.5 Å². The Morgan fingerprint density at radius 2 is 2.30 bits per heavy atom. The lowest BCUT2D eigenvalue weighted by molar-refractivity contribution is -0.120. The van der Waals surface area contributed by atoms with E-state index in [1.165, 1.54) is 0 Å². The molecular formula is C16H24N2O2. The molecule has 0 bridgehead atoms. The van der Waals surface area contributed by atoms with Gasteiger partial charge in [-0.2, -0.15) is 0 Å². The number of hydrogen-bond donors (Lipinski definition) is 1. The fourth-order valence-electron chi connectivity index (χ4n) is 4.05. The van der Waals surface area contributed by atoms with Gasteiger partial charge in [-0.15, -0.1) is 0 Å². The Hall–Kier alpha value is -1.29. The van der Waals surface area contributed by atoms with Gasteiger partial charge in [-0.3, -0.25) is 9.69 Å². The first kappa shape index (κ1) is 13.7. The Bertz CT molecular complexity index is 496. The lowest BCUT2D eigenvalue weighted by atomic mass is 9.78. The number of amides is 1. The highest BCUT2D eigenvalue weighted by Crippen LogP contribution is 2.37. The van der Waals surface area contributed by atoms with E-state index in [1.54, 1.807) is 0 Å². The third kappa shape index (κ3) is 2.37. The molecule has 0 aliphatic carbocycles. The molecule has 0 unspecified atom stereocenters. The van der Waals surface area contributed by atoms with Crippen molar-refractivity contribution in [3.8, 4) is 0 Å². The summed E-state index contributed by atoms with van der Waals surface area (Å²) < 4.78 is 5.72. The lowest BCUT2D eigenvalue weighted by Gasteiger charge is -2.47. The third-order valence-corrected chi connectivity index (χ3v) is 4.88. The Kier molecular flexibility index (Phi) is 3.59. The summed E-state index contributed by atoms with van der Waals surface area (Å²) in [5.74, 6) is 2.22. The molecule has 1 aromatic heterocycles. The van der Waals surface area contributed by atoms with Crippen LogP contribution in [0, 0.1) is 6.92 Å². The minimum Gasteiger partial charge on any atom is -0.465 e. The van der Waals surface area contributed by atoms with E-state index in [4.69, 9.17) is 4.42 Å². The standard InChI is InChI=1S/C16H24N2O2/c1-3-14-16(9-7-15(19)17-16)8-4-10-18(14)11-13-6-5-12(2)20-13/h5-6,14H,3-4,7-11H2,1-2H3,(H,17,19)/t14-,16-/m1/s1. The molecule has 0 radical (unpaired) electrons. The Morgan fingerprint density at radius 3 is 2.90 bits per heavy atom. The number of rotatable bonds is 3. The highest BCUT2D eigenvalue weighted by atomic mass is 16.3. The maximum absolute atomic E-state index is 11.7. The average molecular weight is 276 g/mol. The van der Waals surface area contributed by atoms with Crippen molar-refractivity contribution in [2.24, 2.45) is 0 Å². The summed E-state index contributed by atoms with van der Waals surface area (Å²) in [6, 6.07) is 4.51. The topological polar surface area (TPSA) is 45.5 Å². The van der Waals surface area contributed by atoms with Crippen LogP contribution in [0.15, 0.2) is 16.5 Å². The normalized spacial score (nSPS) is 30.9. The first-order chi connectivity index (χ1) is 9.63. The van der Waals surface area contributed by atoms with E-state index in [9.17, 15) is 4.79 Å². The number of nitrogens with one attached hydrogen (secondary N) is 1. The number of piperidine rings is 1. The van der Waals surface area contributed by atoms with Crippen molar-refractivity contribution in [2.45, 2.75) is 64.1 Å². The monoisotopic (exact) mass is 276 g/mol. The van der Waals surface area contributed by atoms with Gasteiger partial charge in [0.05, 0.1) is 12.1 Å². The molecule has 1 N–H and O–H groups in total. The molecule has 2 aliphatic rings. The van der Waals surface area contributed by atoms with Gasteiger partial charge >= 0.3 is 0 Å². The third-order valence-electron chi connectivity index (χ3n) is 4.88. The van der Waals surface area contributed by atoms with E-state index in [2.05, 4.69) is 23.2 Å². The van der Waals surface area contributed by atoms with Gasteiger partial charge in [0.15, 0.2) is 0 Å². The van der Waals surface area contributed by atoms with Gasteiger partial charge in [-0.25, -0.2) is 0 Å². The zero-order chi connectivity index (χ0) is 14.2. The zero-order valence-corrected chi connectivity index (χ0v) is 12.4. The highest BCUT2D eigenvalue weighted by Gasteiger charge is 2.47. The van der Waals surface area contributed by atoms with Crippen molar-refractivity contribution in [1.29, 1.82) is 0 Å². The molecule has 1 amide bonds. The lowest BCUT2D eigenvalue weighted by Crippen LogP contribution is -2.61. The summed E-state index contributed by atoms with van der Waals surface area (Å²) in [7, 11) is 0. The van der Waals surface area contributed by atoms with Crippen molar-refractivity contribution in [2.75, 3.05) is 6.54 Å². The van der Waals surface area contributed by atoms with Crippen LogP contribution < -0.4 is 5.32 Å². The summed E-state index contributed by atoms with van der Waals surface area (Å²) in [4.78, 5) is 14.2. The van der Waals surface area contributed by atoms with Crippen LogP contribution in [0.4, 0.5) is 0 Å². The fourth-order valence-corrected chi connectivity index (χ4v) is 4.05. The average Bonchev–Trinajstić information content (AvgIpc) is 2.97. The van der Waals surface area contributed by atoms with Crippen LogP contribution in [-0.2, 0) is 11.3 Å². The quantitative estimate of drug-likeness (QED) is 0.923. The van der Waals surface area contributed by atoms with Crippen molar-refractivity contribution >= 4 is 5.91 Å². The van der Waals surface area contributed by atoms with Crippen molar-refractivity contribution < 1.29 is 9.21 Å². The number of furan rings is 1. The summed E-state index contributed by atoms with van der Waals surface area (Å²) in [6.45, 7) is 6.15. The first-order valence-electron chi connectivity index (χ1n) is 7.73. The molecule has 0 aromatic carbocycles. The van der Waals surface area contributed by atoms with E-state index >= 15 is 0 Å². The van der Waals surface area contributed by atoms with Crippen LogP contribution in [0.5, 0.6) is 0 Å². The van der Waals surface area contributed by atoms with E-state index in [-0.39, 0.29) is 11.4 Å². The van der Waals surface area contributed by atoms with Gasteiger partial charge in [0.1, 0.15) is 11.5 Å². The Labute approximate surface area is 120 Å². The van der Waals surface area contributed by atoms with Crippen LogP contribution >= 0.6 is 0 Å². The highest BCUT2D eigenvalue weighted by molar-refractivity contribution is 5.79. The van der Waals surface area contributed by atoms with Gasteiger partial charge in [0.25, 0.3) is 0 Å². The number of carbonyl (C=O) groups is 1. The molecule has 3 heterocycles. The van der Waals surface area contributed by atoms with E-state index < -0.39 is 0 Å². The first-order valence-corrected chi connectivity index (χ1v) is 7.73. The number of carbonyl (C=O) groups excluding carboxylic acids is 1. The molecule has 2 atom stereocenters. The van der Waals surface area contributed by atoms with Crippen LogP contribution in [0.3, 0.4) is 0 Å². The van der Waals surface area contributed by atoms with E-state index in [1.807, 2.05) is 13.0 Å². The van der Waals surface area contributed by atoms with Gasteiger partial charge in [-0.1, -0.05) is 6.92 Å². The minimum absolute atomic E-state index is 0.00568. The molecule has 2 aliphatic heterocycles. The van der Waals surface area contributed by atoms with Crippen LogP contribution in [-0.4, -0.2) is 28.9 Å². The minimum atomic E-state index is 0.00568. The molecular weight excluding hydrogens is 252 g/mol. The smallest absolute Gasteiger partial charge is 0.220 e. The van der Waals surface area contributed by atoms with E-state index in [0.717, 1.165) is 50.3 Å². The SMILES string of the molecule is CC[C@H]1N(Cc2ccc(C)o2)CCC[C@@]12CCC(=O)N2. The zero-order valence-electron chi connectivity index (χ0n) is 12.4. The molecule has 2 fully saturated rings. The summed E-state index contributed by atoms with van der Waals surface area (Å²) in [5.41, 5.74) is 0.00568. The van der Waals surface area contributed by atoms with Gasteiger partial charge in [0.2, 0.25) is 5.91 Å². The van der Waals surface area contributed by atoms with Gasteiger partial charge < -0.3 is 9.73 Å². The summed E-state index contributed by atoms with van der Waals surface area (Å²) >= 11 is 0. The van der Waals surface area contributed by atoms with Gasteiger partial charge in [-0.05, 0) is 51.3 Å². The molecule has 2 saturated heterocycles. The second-order valence-corrected chi connectivity index (χ2v) is 6.21.